The Morgan fingerprint density at radius 3 is 2.50 bits per heavy atom. The molecule has 1 amide bonds. The summed E-state index contributed by atoms with van der Waals surface area (Å²) in [4.78, 5) is 10.8. The maximum absolute atomic E-state index is 10.8. The quantitative estimate of drug-likeness (QED) is 0.757. The van der Waals surface area contributed by atoms with Gasteiger partial charge in [-0.25, -0.2) is 0 Å². The molecule has 0 aromatic heterocycles. The van der Waals surface area contributed by atoms with Crippen molar-refractivity contribution in [3.63, 3.8) is 0 Å². The molecule has 1 aromatic rings. The van der Waals surface area contributed by atoms with E-state index in [1.165, 1.54) is 12.8 Å². The maximum atomic E-state index is 10.8. The van der Waals surface area contributed by atoms with Crippen LogP contribution in [0.2, 0.25) is 0 Å². The van der Waals surface area contributed by atoms with Crippen LogP contribution in [0.5, 0.6) is 0 Å². The number of nitrogens with two attached hydrogens (primary N) is 1. The highest BCUT2D eigenvalue weighted by atomic mass is 16.1. The second-order valence-electron chi connectivity index (χ2n) is 3.77. The van der Waals surface area contributed by atoms with Crippen LogP contribution in [0.25, 0.3) is 0 Å². The van der Waals surface area contributed by atoms with Crippen molar-refractivity contribution in [2.24, 2.45) is 11.7 Å². The number of carbonyl (C=O) groups excluding carboxylic acids is 1. The van der Waals surface area contributed by atoms with E-state index in [-0.39, 0.29) is 5.91 Å². The molecule has 1 aliphatic rings. The van der Waals surface area contributed by atoms with Gasteiger partial charge in [-0.15, -0.1) is 0 Å². The normalized spacial score (nSPS) is 15.1. The first kappa shape index (κ1) is 9.06. The third kappa shape index (κ3) is 2.25. The number of rotatable bonds is 4. The zero-order valence-corrected chi connectivity index (χ0v) is 7.99. The summed E-state index contributed by atoms with van der Waals surface area (Å²) in [5.74, 6) is 0.476. The lowest BCUT2D eigenvalue weighted by molar-refractivity contribution is 0.100. The molecule has 2 rings (SSSR count). The Morgan fingerprint density at radius 2 is 2.00 bits per heavy atom. The topological polar surface area (TPSA) is 55.1 Å². The fraction of sp³-hybridized carbons (Fsp3) is 0.364. The average Bonchev–Trinajstić information content (AvgIpc) is 2.99. The summed E-state index contributed by atoms with van der Waals surface area (Å²) in [6.45, 7) is 1.04. The minimum Gasteiger partial charge on any atom is -0.385 e. The minimum absolute atomic E-state index is 0.376. The van der Waals surface area contributed by atoms with Crippen molar-refractivity contribution >= 4 is 11.6 Å². The van der Waals surface area contributed by atoms with Crippen LogP contribution in [0.4, 0.5) is 5.69 Å². The van der Waals surface area contributed by atoms with Crippen molar-refractivity contribution in [3.8, 4) is 0 Å². The number of benzene rings is 1. The highest BCUT2D eigenvalue weighted by Crippen LogP contribution is 2.28. The van der Waals surface area contributed by atoms with Crippen LogP contribution in [0.3, 0.4) is 0 Å². The van der Waals surface area contributed by atoms with Crippen LogP contribution in [0, 0.1) is 5.92 Å². The van der Waals surface area contributed by atoms with E-state index in [1.54, 1.807) is 12.1 Å². The number of hydrogen-bond donors (Lipinski definition) is 2. The third-order valence-corrected chi connectivity index (χ3v) is 2.46. The van der Waals surface area contributed by atoms with Gasteiger partial charge in [0.25, 0.3) is 0 Å². The van der Waals surface area contributed by atoms with Gasteiger partial charge in [0.2, 0.25) is 5.91 Å². The monoisotopic (exact) mass is 190 g/mol. The second-order valence-corrected chi connectivity index (χ2v) is 3.77. The second kappa shape index (κ2) is 3.70. The van der Waals surface area contributed by atoms with Crippen LogP contribution in [0.1, 0.15) is 23.2 Å². The zero-order chi connectivity index (χ0) is 9.97. The molecule has 0 unspecified atom stereocenters. The number of amides is 1. The smallest absolute Gasteiger partial charge is 0.248 e. The molecule has 0 atom stereocenters. The number of nitrogens with one attached hydrogen (secondary N) is 1. The van der Waals surface area contributed by atoms with Gasteiger partial charge >= 0.3 is 0 Å². The Hall–Kier alpha value is -1.51. The molecular weight excluding hydrogens is 176 g/mol. The largest absolute Gasteiger partial charge is 0.385 e. The molecule has 3 heteroatoms. The van der Waals surface area contributed by atoms with E-state index >= 15 is 0 Å². The Kier molecular flexibility index (Phi) is 2.39. The van der Waals surface area contributed by atoms with Gasteiger partial charge in [-0.05, 0) is 43.0 Å². The first-order chi connectivity index (χ1) is 6.75. The van der Waals surface area contributed by atoms with Crippen LogP contribution in [-0.2, 0) is 0 Å². The lowest BCUT2D eigenvalue weighted by Crippen LogP contribution is -2.10. The Balaban J connectivity index is 1.94. The molecule has 14 heavy (non-hydrogen) atoms. The molecule has 1 aliphatic carbocycles. The van der Waals surface area contributed by atoms with E-state index in [2.05, 4.69) is 5.32 Å². The van der Waals surface area contributed by atoms with E-state index in [9.17, 15) is 4.79 Å². The Morgan fingerprint density at radius 1 is 1.36 bits per heavy atom. The molecule has 1 aromatic carbocycles. The van der Waals surface area contributed by atoms with E-state index in [1.807, 2.05) is 12.1 Å². The van der Waals surface area contributed by atoms with Gasteiger partial charge in [-0.2, -0.15) is 0 Å². The highest BCUT2D eigenvalue weighted by molar-refractivity contribution is 5.93. The number of primary amides is 1. The maximum Gasteiger partial charge on any atom is 0.248 e. The predicted octanol–water partition coefficient (Wildman–Crippen LogP) is 1.61. The van der Waals surface area contributed by atoms with Crippen LogP contribution < -0.4 is 11.1 Å². The molecule has 3 N–H and O–H groups in total. The Labute approximate surface area is 83.3 Å². The molecule has 1 fully saturated rings. The molecule has 3 nitrogen and oxygen atoms in total. The van der Waals surface area contributed by atoms with Crippen molar-refractivity contribution in [3.05, 3.63) is 29.8 Å². The summed E-state index contributed by atoms with van der Waals surface area (Å²) < 4.78 is 0. The molecule has 0 bridgehead atoms. The van der Waals surface area contributed by atoms with Gasteiger partial charge in [0.1, 0.15) is 0 Å². The standard InChI is InChI=1S/C11H14N2O/c12-11(14)9-3-5-10(6-4-9)13-7-8-1-2-8/h3-6,8,13H,1-2,7H2,(H2,12,14). The third-order valence-electron chi connectivity index (χ3n) is 2.46. The lowest BCUT2D eigenvalue weighted by Gasteiger charge is -2.05. The van der Waals surface area contributed by atoms with Crippen LogP contribution in [0.15, 0.2) is 24.3 Å². The summed E-state index contributed by atoms with van der Waals surface area (Å²) in [5.41, 5.74) is 6.75. The van der Waals surface area contributed by atoms with Crippen molar-refractivity contribution in [2.75, 3.05) is 11.9 Å². The summed E-state index contributed by atoms with van der Waals surface area (Å²) in [7, 11) is 0. The molecule has 0 aliphatic heterocycles. The van der Waals surface area contributed by atoms with Gasteiger partial charge in [0.15, 0.2) is 0 Å². The van der Waals surface area contributed by atoms with Crippen molar-refractivity contribution in [1.29, 1.82) is 0 Å². The summed E-state index contributed by atoms with van der Waals surface area (Å²) >= 11 is 0. The highest BCUT2D eigenvalue weighted by Gasteiger charge is 2.20. The number of carbonyl (C=O) groups is 1. The molecule has 0 radical (unpaired) electrons. The van der Waals surface area contributed by atoms with Crippen molar-refractivity contribution < 1.29 is 4.79 Å². The first-order valence-corrected chi connectivity index (χ1v) is 4.89. The predicted molar refractivity (Wildman–Crippen MR) is 56.2 cm³/mol. The van der Waals surface area contributed by atoms with Gasteiger partial charge in [0, 0.05) is 17.8 Å². The Bertz CT molecular complexity index is 328. The van der Waals surface area contributed by atoms with Gasteiger partial charge in [-0.1, -0.05) is 0 Å². The van der Waals surface area contributed by atoms with E-state index in [0.29, 0.717) is 5.56 Å². The zero-order valence-electron chi connectivity index (χ0n) is 7.99. The molecule has 0 spiro atoms. The summed E-state index contributed by atoms with van der Waals surface area (Å²) in [6.07, 6.45) is 2.68. The molecular formula is C11H14N2O. The van der Waals surface area contributed by atoms with E-state index in [4.69, 9.17) is 5.73 Å². The van der Waals surface area contributed by atoms with Gasteiger partial charge in [-0.3, -0.25) is 4.79 Å². The fourth-order valence-electron chi connectivity index (χ4n) is 1.34. The van der Waals surface area contributed by atoms with Gasteiger partial charge in [0.05, 0.1) is 0 Å². The van der Waals surface area contributed by atoms with Crippen molar-refractivity contribution in [2.45, 2.75) is 12.8 Å². The minimum atomic E-state index is -0.376. The summed E-state index contributed by atoms with van der Waals surface area (Å²) in [5, 5.41) is 3.32. The number of anilines is 1. The lowest BCUT2D eigenvalue weighted by atomic mass is 10.2. The average molecular weight is 190 g/mol. The fourth-order valence-corrected chi connectivity index (χ4v) is 1.34. The van der Waals surface area contributed by atoms with Crippen molar-refractivity contribution in [1.82, 2.24) is 0 Å². The molecule has 74 valence electrons. The van der Waals surface area contributed by atoms with Crippen LogP contribution >= 0.6 is 0 Å². The molecule has 0 saturated heterocycles. The number of hydrogen-bond acceptors (Lipinski definition) is 2. The molecule has 0 heterocycles. The summed E-state index contributed by atoms with van der Waals surface area (Å²) in [6, 6.07) is 7.28. The molecule has 1 saturated carbocycles. The first-order valence-electron chi connectivity index (χ1n) is 4.89. The SMILES string of the molecule is NC(=O)c1ccc(NCC2CC2)cc1. The van der Waals surface area contributed by atoms with E-state index in [0.717, 1.165) is 18.2 Å². The van der Waals surface area contributed by atoms with Gasteiger partial charge < -0.3 is 11.1 Å². The van der Waals surface area contributed by atoms with Crippen LogP contribution in [-0.4, -0.2) is 12.5 Å². The van der Waals surface area contributed by atoms with E-state index < -0.39 is 0 Å².